The maximum absolute atomic E-state index is 12.2. The third kappa shape index (κ3) is 3.84. The molecule has 4 heteroatoms. The van der Waals surface area contributed by atoms with Crippen molar-refractivity contribution < 1.29 is 9.53 Å². The summed E-state index contributed by atoms with van der Waals surface area (Å²) in [7, 11) is 0. The smallest absolute Gasteiger partial charge is 0.227 e. The first-order chi connectivity index (χ1) is 9.68. The van der Waals surface area contributed by atoms with Gasteiger partial charge in [0.2, 0.25) is 5.91 Å². The Labute approximate surface area is 120 Å². The van der Waals surface area contributed by atoms with Gasteiger partial charge in [-0.15, -0.1) is 0 Å². The van der Waals surface area contributed by atoms with Crippen LogP contribution in [0.1, 0.15) is 24.8 Å². The van der Waals surface area contributed by atoms with E-state index in [9.17, 15) is 4.79 Å². The van der Waals surface area contributed by atoms with E-state index in [4.69, 9.17) is 4.74 Å². The monoisotopic (exact) mass is 274 g/mol. The summed E-state index contributed by atoms with van der Waals surface area (Å²) in [5, 5.41) is 6.27. The SMILES string of the molecule is C=C(C)COCCNC(=O)C1CCNc2ccccc21. The Bertz CT molecular complexity index is 485. The van der Waals surface area contributed by atoms with Gasteiger partial charge in [-0.3, -0.25) is 4.79 Å². The number of nitrogens with one attached hydrogen (secondary N) is 2. The molecule has 0 spiro atoms. The Hall–Kier alpha value is -1.81. The third-order valence-electron chi connectivity index (χ3n) is 3.30. The number of ether oxygens (including phenoxy) is 1. The van der Waals surface area contributed by atoms with Crippen molar-refractivity contribution in [3.63, 3.8) is 0 Å². The lowest BCUT2D eigenvalue weighted by Crippen LogP contribution is -2.35. The van der Waals surface area contributed by atoms with E-state index in [1.165, 1.54) is 0 Å². The second-order valence-corrected chi connectivity index (χ2v) is 5.16. The number of para-hydroxylation sites is 1. The van der Waals surface area contributed by atoms with Gasteiger partial charge in [0.15, 0.2) is 0 Å². The topological polar surface area (TPSA) is 50.4 Å². The number of carbonyl (C=O) groups is 1. The number of amides is 1. The molecule has 4 nitrogen and oxygen atoms in total. The van der Waals surface area contributed by atoms with E-state index in [-0.39, 0.29) is 11.8 Å². The largest absolute Gasteiger partial charge is 0.385 e. The molecule has 1 amide bonds. The molecule has 20 heavy (non-hydrogen) atoms. The fourth-order valence-corrected chi connectivity index (χ4v) is 2.36. The van der Waals surface area contributed by atoms with E-state index in [1.54, 1.807) is 0 Å². The van der Waals surface area contributed by atoms with E-state index in [1.807, 2.05) is 31.2 Å². The van der Waals surface area contributed by atoms with E-state index < -0.39 is 0 Å². The number of benzene rings is 1. The molecule has 1 atom stereocenters. The highest BCUT2D eigenvalue weighted by atomic mass is 16.5. The molecule has 1 heterocycles. The number of hydrogen-bond acceptors (Lipinski definition) is 3. The van der Waals surface area contributed by atoms with Crippen LogP contribution in [0.3, 0.4) is 0 Å². The molecule has 108 valence electrons. The summed E-state index contributed by atoms with van der Waals surface area (Å²) in [4.78, 5) is 12.2. The molecular formula is C16H22N2O2. The molecule has 0 aromatic heterocycles. The van der Waals surface area contributed by atoms with Crippen LogP contribution in [0.4, 0.5) is 5.69 Å². The van der Waals surface area contributed by atoms with E-state index in [2.05, 4.69) is 17.2 Å². The predicted octanol–water partition coefficient (Wildman–Crippen LogP) is 2.29. The van der Waals surface area contributed by atoms with Crippen LogP contribution in [0, 0.1) is 0 Å². The van der Waals surface area contributed by atoms with E-state index in [0.29, 0.717) is 19.8 Å². The molecule has 0 fully saturated rings. The van der Waals surface area contributed by atoms with Crippen LogP contribution in [0.25, 0.3) is 0 Å². The highest BCUT2D eigenvalue weighted by molar-refractivity contribution is 5.86. The molecule has 1 aliphatic heterocycles. The average molecular weight is 274 g/mol. The Morgan fingerprint density at radius 1 is 1.50 bits per heavy atom. The molecule has 1 unspecified atom stereocenters. The summed E-state index contributed by atoms with van der Waals surface area (Å²) in [6.45, 7) is 8.13. The Morgan fingerprint density at radius 2 is 2.30 bits per heavy atom. The first-order valence-electron chi connectivity index (χ1n) is 7.01. The van der Waals surface area contributed by atoms with Crippen LogP contribution >= 0.6 is 0 Å². The fraction of sp³-hybridized carbons (Fsp3) is 0.438. The van der Waals surface area contributed by atoms with Crippen LogP contribution in [-0.4, -0.2) is 32.2 Å². The summed E-state index contributed by atoms with van der Waals surface area (Å²) in [6.07, 6.45) is 0.829. The average Bonchev–Trinajstić information content (AvgIpc) is 2.45. The van der Waals surface area contributed by atoms with Crippen LogP contribution in [0.2, 0.25) is 0 Å². The van der Waals surface area contributed by atoms with Gasteiger partial charge in [-0.1, -0.05) is 30.4 Å². The molecule has 0 bridgehead atoms. The van der Waals surface area contributed by atoms with E-state index in [0.717, 1.165) is 29.8 Å². The highest BCUT2D eigenvalue weighted by Crippen LogP contribution is 2.31. The van der Waals surface area contributed by atoms with Gasteiger partial charge in [0.25, 0.3) is 0 Å². The molecule has 2 rings (SSSR count). The van der Waals surface area contributed by atoms with Crippen molar-refractivity contribution in [3.05, 3.63) is 42.0 Å². The Kier molecular flexibility index (Phi) is 5.18. The molecule has 1 aliphatic rings. The molecule has 1 aromatic rings. The number of carbonyl (C=O) groups excluding carboxylic acids is 1. The van der Waals surface area contributed by atoms with Crippen molar-refractivity contribution in [3.8, 4) is 0 Å². The summed E-state index contributed by atoms with van der Waals surface area (Å²) in [5.74, 6) is 0.0199. The quantitative estimate of drug-likeness (QED) is 0.618. The normalized spacial score (nSPS) is 16.9. The Balaban J connectivity index is 1.83. The molecule has 0 saturated carbocycles. The highest BCUT2D eigenvalue weighted by Gasteiger charge is 2.25. The van der Waals surface area contributed by atoms with Gasteiger partial charge in [0, 0.05) is 18.8 Å². The molecular weight excluding hydrogens is 252 g/mol. The van der Waals surface area contributed by atoms with Crippen LogP contribution in [0.15, 0.2) is 36.4 Å². The maximum atomic E-state index is 12.2. The summed E-state index contributed by atoms with van der Waals surface area (Å²) in [6, 6.07) is 7.99. The minimum absolute atomic E-state index is 0.0615. The molecule has 2 N–H and O–H groups in total. The summed E-state index contributed by atoms with van der Waals surface area (Å²) >= 11 is 0. The maximum Gasteiger partial charge on any atom is 0.227 e. The van der Waals surface area contributed by atoms with Crippen LogP contribution in [0.5, 0.6) is 0 Å². The van der Waals surface area contributed by atoms with Gasteiger partial charge in [-0.05, 0) is 25.0 Å². The van der Waals surface area contributed by atoms with Gasteiger partial charge in [0.1, 0.15) is 0 Å². The zero-order valence-corrected chi connectivity index (χ0v) is 11.9. The second-order valence-electron chi connectivity index (χ2n) is 5.16. The van der Waals surface area contributed by atoms with Crippen molar-refractivity contribution in [2.45, 2.75) is 19.3 Å². The number of rotatable bonds is 6. The lowest BCUT2D eigenvalue weighted by atomic mass is 9.90. The Morgan fingerprint density at radius 3 is 3.10 bits per heavy atom. The number of anilines is 1. The molecule has 0 aliphatic carbocycles. The van der Waals surface area contributed by atoms with Gasteiger partial charge < -0.3 is 15.4 Å². The zero-order valence-electron chi connectivity index (χ0n) is 11.9. The zero-order chi connectivity index (χ0) is 14.4. The molecule has 0 saturated heterocycles. The lowest BCUT2D eigenvalue weighted by Gasteiger charge is -2.25. The standard InChI is InChI=1S/C16H22N2O2/c1-12(2)11-20-10-9-18-16(19)14-7-8-17-15-6-4-3-5-13(14)15/h3-6,14,17H,1,7-11H2,2H3,(H,18,19). The first kappa shape index (κ1) is 14.6. The van der Waals surface area contributed by atoms with Gasteiger partial charge >= 0.3 is 0 Å². The van der Waals surface area contributed by atoms with E-state index >= 15 is 0 Å². The molecule has 0 radical (unpaired) electrons. The van der Waals surface area contributed by atoms with Crippen molar-refractivity contribution in [2.24, 2.45) is 0 Å². The third-order valence-corrected chi connectivity index (χ3v) is 3.30. The summed E-state index contributed by atoms with van der Waals surface area (Å²) in [5.41, 5.74) is 3.14. The minimum atomic E-state index is -0.0615. The molecule has 1 aromatic carbocycles. The minimum Gasteiger partial charge on any atom is -0.385 e. The van der Waals surface area contributed by atoms with Crippen molar-refractivity contribution in [1.82, 2.24) is 5.32 Å². The van der Waals surface area contributed by atoms with Crippen molar-refractivity contribution >= 4 is 11.6 Å². The van der Waals surface area contributed by atoms with Crippen LogP contribution < -0.4 is 10.6 Å². The number of hydrogen-bond donors (Lipinski definition) is 2. The second kappa shape index (κ2) is 7.10. The van der Waals surface area contributed by atoms with Crippen molar-refractivity contribution in [1.29, 1.82) is 0 Å². The first-order valence-corrected chi connectivity index (χ1v) is 7.01. The predicted molar refractivity (Wildman–Crippen MR) is 80.9 cm³/mol. The van der Waals surface area contributed by atoms with Gasteiger partial charge in [-0.2, -0.15) is 0 Å². The number of fused-ring (bicyclic) bond motifs is 1. The fourth-order valence-electron chi connectivity index (χ4n) is 2.36. The van der Waals surface area contributed by atoms with Crippen molar-refractivity contribution in [2.75, 3.05) is 31.6 Å². The van der Waals surface area contributed by atoms with Crippen LogP contribution in [-0.2, 0) is 9.53 Å². The summed E-state index contributed by atoms with van der Waals surface area (Å²) < 4.78 is 5.38. The lowest BCUT2D eigenvalue weighted by molar-refractivity contribution is -0.122. The van der Waals surface area contributed by atoms with Gasteiger partial charge in [-0.25, -0.2) is 0 Å². The van der Waals surface area contributed by atoms with Gasteiger partial charge in [0.05, 0.1) is 19.1 Å².